The Bertz CT molecular complexity index is 841. The number of benzene rings is 1. The molecule has 4 atom stereocenters. The van der Waals surface area contributed by atoms with Crippen LogP contribution in [0.4, 0.5) is 26.3 Å². The quantitative estimate of drug-likeness (QED) is 0.286. The largest absolute Gasteiger partial charge is 0.481 e. The number of carboxylic acid groups (broad SMARTS) is 1. The van der Waals surface area contributed by atoms with Gasteiger partial charge in [-0.2, -0.15) is 26.3 Å². The summed E-state index contributed by atoms with van der Waals surface area (Å²) in [4.78, 5) is 23.6. The van der Waals surface area contributed by atoms with E-state index in [9.17, 15) is 35.9 Å². The van der Waals surface area contributed by atoms with E-state index in [2.05, 4.69) is 24.5 Å². The van der Waals surface area contributed by atoms with Crippen molar-refractivity contribution in [3.8, 4) is 0 Å². The van der Waals surface area contributed by atoms with Gasteiger partial charge in [-0.05, 0) is 69.2 Å². The second kappa shape index (κ2) is 14.6. The molecule has 11 heteroatoms. The number of carbonyl (C=O) groups is 2. The Kier molecular flexibility index (Phi) is 12.9. The molecule has 1 aliphatic rings. The monoisotopic (exact) mass is 540 g/mol. The predicted octanol–water partition coefficient (Wildman–Crippen LogP) is 6.79. The van der Waals surface area contributed by atoms with Crippen molar-refractivity contribution in [2.45, 2.75) is 104 Å². The first-order valence-corrected chi connectivity index (χ1v) is 12.7. The molecule has 37 heavy (non-hydrogen) atoms. The highest BCUT2D eigenvalue weighted by Crippen LogP contribution is 2.36. The van der Waals surface area contributed by atoms with Crippen LogP contribution in [0.5, 0.6) is 0 Å². The maximum Gasteiger partial charge on any atom is 0.416 e. The van der Waals surface area contributed by atoms with Gasteiger partial charge in [-0.15, -0.1) is 0 Å². The van der Waals surface area contributed by atoms with Gasteiger partial charge in [-0.25, -0.2) is 0 Å². The van der Waals surface area contributed by atoms with Gasteiger partial charge in [0.15, 0.2) is 0 Å². The van der Waals surface area contributed by atoms with Crippen LogP contribution in [0.3, 0.4) is 0 Å². The van der Waals surface area contributed by atoms with Crippen molar-refractivity contribution in [2.75, 3.05) is 0 Å². The first-order chi connectivity index (χ1) is 17.1. The van der Waals surface area contributed by atoms with E-state index in [1.807, 2.05) is 13.8 Å². The lowest BCUT2D eigenvalue weighted by Crippen LogP contribution is -2.36. The van der Waals surface area contributed by atoms with Crippen LogP contribution in [0.25, 0.3) is 0 Å². The molecule has 0 bridgehead atoms. The number of amides is 1. The molecule has 2 rings (SSSR count). The van der Waals surface area contributed by atoms with Gasteiger partial charge in [-0.3, -0.25) is 9.59 Å². The SMILES string of the molecule is CCC.CCC(CCC(C)N[C@@H]1CCC(C(=O)NCc2cc(C(F)(F)F)cc(C(F)(F)F)c2)C1)C(=O)O. The molecule has 3 unspecified atom stereocenters. The van der Waals surface area contributed by atoms with Crippen molar-refractivity contribution in [1.29, 1.82) is 0 Å². The van der Waals surface area contributed by atoms with Crippen LogP contribution in [0.1, 0.15) is 89.3 Å². The Balaban J connectivity index is 0.00000217. The molecule has 212 valence electrons. The van der Waals surface area contributed by atoms with E-state index < -0.39 is 53.7 Å². The summed E-state index contributed by atoms with van der Waals surface area (Å²) in [6.07, 6.45) is -5.17. The summed E-state index contributed by atoms with van der Waals surface area (Å²) in [7, 11) is 0. The number of carbonyl (C=O) groups excluding carboxylic acids is 1. The zero-order valence-corrected chi connectivity index (χ0v) is 21.7. The Hall–Kier alpha value is -2.30. The van der Waals surface area contributed by atoms with Gasteiger partial charge in [0.1, 0.15) is 0 Å². The number of alkyl halides is 6. The molecule has 0 heterocycles. The molecule has 1 aromatic carbocycles. The van der Waals surface area contributed by atoms with Gasteiger partial charge in [0, 0.05) is 24.5 Å². The normalized spacial score (nSPS) is 19.5. The number of carboxylic acids is 1. The standard InChI is InChI=1S/C23H30F6N2O3.C3H8/c1-3-15(21(33)34)5-4-13(2)31-19-7-6-16(10-19)20(32)30-12-14-8-17(22(24,25)26)11-18(9-14)23(27,28)29;1-3-2/h8-9,11,13,15-16,19,31H,3-7,10,12H2,1-2H3,(H,30,32)(H,33,34);3H2,1-2H3/t13?,15?,16?,19-;/m1./s1. The number of hydrogen-bond donors (Lipinski definition) is 3. The number of rotatable bonds is 10. The Labute approximate surface area is 214 Å². The first kappa shape index (κ1) is 32.7. The van der Waals surface area contributed by atoms with Crippen LogP contribution in [0, 0.1) is 11.8 Å². The van der Waals surface area contributed by atoms with Gasteiger partial charge in [0.25, 0.3) is 0 Å². The number of hydrogen-bond acceptors (Lipinski definition) is 3. The topological polar surface area (TPSA) is 78.4 Å². The molecule has 0 saturated heterocycles. The minimum Gasteiger partial charge on any atom is -0.481 e. The van der Waals surface area contributed by atoms with Gasteiger partial charge in [-0.1, -0.05) is 27.2 Å². The molecule has 0 aliphatic heterocycles. The lowest BCUT2D eigenvalue weighted by Gasteiger charge is -2.21. The lowest BCUT2D eigenvalue weighted by molar-refractivity contribution is -0.144. The van der Waals surface area contributed by atoms with Crippen LogP contribution in [-0.2, 0) is 28.5 Å². The fourth-order valence-corrected chi connectivity index (χ4v) is 4.27. The van der Waals surface area contributed by atoms with Crippen LogP contribution in [0.2, 0.25) is 0 Å². The van der Waals surface area contributed by atoms with Crippen molar-refractivity contribution in [3.63, 3.8) is 0 Å². The third-order valence-corrected chi connectivity index (χ3v) is 6.23. The van der Waals surface area contributed by atoms with Crippen molar-refractivity contribution in [2.24, 2.45) is 11.8 Å². The molecule has 0 radical (unpaired) electrons. The van der Waals surface area contributed by atoms with Crippen LogP contribution < -0.4 is 10.6 Å². The molecule has 1 saturated carbocycles. The van der Waals surface area contributed by atoms with Crippen molar-refractivity contribution < 1.29 is 41.0 Å². The van der Waals surface area contributed by atoms with E-state index in [0.717, 1.165) is 0 Å². The molecule has 1 amide bonds. The molecule has 0 aromatic heterocycles. The van der Waals surface area contributed by atoms with E-state index in [-0.39, 0.29) is 23.7 Å². The van der Waals surface area contributed by atoms with Crippen molar-refractivity contribution >= 4 is 11.9 Å². The molecule has 1 aromatic rings. The fourth-order valence-electron chi connectivity index (χ4n) is 4.27. The van der Waals surface area contributed by atoms with E-state index >= 15 is 0 Å². The van der Waals surface area contributed by atoms with E-state index in [0.29, 0.717) is 50.7 Å². The summed E-state index contributed by atoms with van der Waals surface area (Å²) in [5, 5.41) is 15.0. The molecular formula is C26H38F6N2O3. The number of aliphatic carboxylic acids is 1. The second-order valence-electron chi connectivity index (χ2n) is 9.63. The highest BCUT2D eigenvalue weighted by Gasteiger charge is 2.37. The molecule has 0 spiro atoms. The minimum atomic E-state index is -4.94. The second-order valence-corrected chi connectivity index (χ2v) is 9.63. The van der Waals surface area contributed by atoms with E-state index in [1.54, 1.807) is 0 Å². The van der Waals surface area contributed by atoms with Crippen molar-refractivity contribution in [3.05, 3.63) is 34.9 Å². The zero-order valence-electron chi connectivity index (χ0n) is 21.7. The Morgan fingerprint density at radius 3 is 1.97 bits per heavy atom. The van der Waals surface area contributed by atoms with Crippen LogP contribution >= 0.6 is 0 Å². The smallest absolute Gasteiger partial charge is 0.416 e. The van der Waals surface area contributed by atoms with Gasteiger partial charge < -0.3 is 15.7 Å². The molecule has 1 fully saturated rings. The average Bonchev–Trinajstić information content (AvgIpc) is 3.25. The maximum absolute atomic E-state index is 13.0. The number of nitrogens with one attached hydrogen (secondary N) is 2. The Morgan fingerprint density at radius 1 is 0.973 bits per heavy atom. The third-order valence-electron chi connectivity index (χ3n) is 6.23. The Morgan fingerprint density at radius 2 is 1.51 bits per heavy atom. The molecule has 5 nitrogen and oxygen atoms in total. The van der Waals surface area contributed by atoms with Gasteiger partial charge in [0.2, 0.25) is 5.91 Å². The van der Waals surface area contributed by atoms with Gasteiger partial charge >= 0.3 is 18.3 Å². The molecule has 3 N–H and O–H groups in total. The predicted molar refractivity (Wildman–Crippen MR) is 129 cm³/mol. The summed E-state index contributed by atoms with van der Waals surface area (Å²) >= 11 is 0. The molecule has 1 aliphatic carbocycles. The maximum atomic E-state index is 13.0. The first-order valence-electron chi connectivity index (χ1n) is 12.7. The number of halogens is 6. The third kappa shape index (κ3) is 11.3. The summed E-state index contributed by atoms with van der Waals surface area (Å²) in [6, 6.07) is 1.35. The van der Waals surface area contributed by atoms with Gasteiger partial charge in [0.05, 0.1) is 17.0 Å². The van der Waals surface area contributed by atoms with E-state index in [4.69, 9.17) is 5.11 Å². The van der Waals surface area contributed by atoms with Crippen LogP contribution in [-0.4, -0.2) is 29.1 Å². The van der Waals surface area contributed by atoms with Crippen LogP contribution in [0.15, 0.2) is 18.2 Å². The fraction of sp³-hybridized carbons (Fsp3) is 0.692. The highest BCUT2D eigenvalue weighted by molar-refractivity contribution is 5.79. The molecular weight excluding hydrogens is 502 g/mol. The lowest BCUT2D eigenvalue weighted by atomic mass is 9.97. The minimum absolute atomic E-state index is 0.0287. The summed E-state index contributed by atoms with van der Waals surface area (Å²) in [5.41, 5.74) is -3.11. The highest BCUT2D eigenvalue weighted by atomic mass is 19.4. The average molecular weight is 541 g/mol. The summed E-state index contributed by atoms with van der Waals surface area (Å²) in [6.45, 7) is 7.57. The summed E-state index contributed by atoms with van der Waals surface area (Å²) < 4.78 is 78.0. The van der Waals surface area contributed by atoms with E-state index in [1.165, 1.54) is 6.42 Å². The van der Waals surface area contributed by atoms with Crippen molar-refractivity contribution in [1.82, 2.24) is 10.6 Å². The zero-order chi connectivity index (χ0) is 28.4. The summed E-state index contributed by atoms with van der Waals surface area (Å²) in [5.74, 6) is -2.05.